The second kappa shape index (κ2) is 6.35. The largest absolute Gasteiger partial charge is 0.380 e. The molecule has 1 aromatic rings. The second-order valence-corrected chi connectivity index (χ2v) is 4.82. The van der Waals surface area contributed by atoms with Gasteiger partial charge in [0.2, 0.25) is 0 Å². The highest BCUT2D eigenvalue weighted by Crippen LogP contribution is 2.23. The predicted molar refractivity (Wildman–Crippen MR) is 75.0 cm³/mol. The fourth-order valence-corrected chi connectivity index (χ4v) is 2.32. The van der Waals surface area contributed by atoms with Crippen LogP contribution in [0.3, 0.4) is 0 Å². The Morgan fingerprint density at radius 3 is 2.75 bits per heavy atom. The van der Waals surface area contributed by atoms with E-state index in [0.717, 1.165) is 32.0 Å². The molecule has 0 saturated carbocycles. The average molecular weight is 277 g/mol. The summed E-state index contributed by atoms with van der Waals surface area (Å²) in [6.07, 6.45) is 7.01. The van der Waals surface area contributed by atoms with E-state index in [1.54, 1.807) is 0 Å². The van der Waals surface area contributed by atoms with Gasteiger partial charge in [0.1, 0.15) is 0 Å². The highest BCUT2D eigenvalue weighted by molar-refractivity contribution is 5.50. The fourth-order valence-electron chi connectivity index (χ4n) is 2.32. The minimum atomic E-state index is -0.606. The summed E-state index contributed by atoms with van der Waals surface area (Å²) in [6.45, 7) is 2.38. The van der Waals surface area contributed by atoms with Crippen LogP contribution in [-0.2, 0) is 0 Å². The van der Waals surface area contributed by atoms with Gasteiger partial charge in [0.05, 0.1) is 23.2 Å². The molecule has 1 saturated heterocycles. The number of halogens is 1. The van der Waals surface area contributed by atoms with Crippen LogP contribution in [0.4, 0.5) is 15.8 Å². The molecule has 2 rings (SSSR count). The van der Waals surface area contributed by atoms with Crippen molar-refractivity contribution in [1.29, 1.82) is 0 Å². The molecule has 0 aliphatic carbocycles. The van der Waals surface area contributed by atoms with Crippen LogP contribution in [0.25, 0.3) is 0 Å². The van der Waals surface area contributed by atoms with Gasteiger partial charge in [0.15, 0.2) is 5.82 Å². The van der Waals surface area contributed by atoms with Gasteiger partial charge in [0.25, 0.3) is 5.69 Å². The Bertz CT molecular complexity index is 534. The molecule has 1 aromatic carbocycles. The van der Waals surface area contributed by atoms with Crippen LogP contribution >= 0.6 is 0 Å². The summed E-state index contributed by atoms with van der Waals surface area (Å²) in [7, 11) is 0. The molecule has 0 atom stereocenters. The van der Waals surface area contributed by atoms with E-state index in [0.29, 0.717) is 12.2 Å². The van der Waals surface area contributed by atoms with E-state index in [2.05, 4.69) is 16.1 Å². The third kappa shape index (κ3) is 3.45. The first-order valence-electron chi connectivity index (χ1n) is 6.46. The average Bonchev–Trinajstić information content (AvgIpc) is 2.43. The summed E-state index contributed by atoms with van der Waals surface area (Å²) >= 11 is 0. The lowest BCUT2D eigenvalue weighted by Crippen LogP contribution is -2.39. The monoisotopic (exact) mass is 277 g/mol. The van der Waals surface area contributed by atoms with E-state index < -0.39 is 10.7 Å². The molecule has 0 radical (unpaired) electrons. The predicted octanol–water partition coefficient (Wildman–Crippen LogP) is 2.24. The van der Waals surface area contributed by atoms with Crippen molar-refractivity contribution in [3.63, 3.8) is 0 Å². The zero-order valence-electron chi connectivity index (χ0n) is 11.0. The second-order valence-electron chi connectivity index (χ2n) is 4.82. The van der Waals surface area contributed by atoms with E-state index in [-0.39, 0.29) is 11.7 Å². The normalized spacial score (nSPS) is 16.6. The smallest absolute Gasteiger partial charge is 0.272 e. The van der Waals surface area contributed by atoms with Crippen molar-refractivity contribution in [2.45, 2.75) is 18.9 Å². The zero-order chi connectivity index (χ0) is 14.5. The first kappa shape index (κ1) is 14.3. The summed E-state index contributed by atoms with van der Waals surface area (Å²) in [5, 5.41) is 13.7. The number of rotatable bonds is 4. The maximum absolute atomic E-state index is 13.8. The molecular weight excluding hydrogens is 261 g/mol. The molecule has 1 aliphatic heterocycles. The first-order chi connectivity index (χ1) is 9.60. The van der Waals surface area contributed by atoms with E-state index >= 15 is 0 Å². The molecule has 1 N–H and O–H groups in total. The zero-order valence-corrected chi connectivity index (χ0v) is 11.0. The van der Waals surface area contributed by atoms with Crippen LogP contribution in [0.1, 0.15) is 12.8 Å². The lowest BCUT2D eigenvalue weighted by atomic mass is 10.0. The lowest BCUT2D eigenvalue weighted by Gasteiger charge is -2.31. The number of anilines is 1. The molecule has 5 nitrogen and oxygen atoms in total. The first-order valence-corrected chi connectivity index (χ1v) is 6.46. The summed E-state index contributed by atoms with van der Waals surface area (Å²) in [4.78, 5) is 12.1. The Hall–Kier alpha value is -2.13. The Morgan fingerprint density at radius 2 is 2.20 bits per heavy atom. The molecule has 20 heavy (non-hydrogen) atoms. The van der Waals surface area contributed by atoms with Gasteiger partial charge in [0, 0.05) is 25.2 Å². The van der Waals surface area contributed by atoms with Gasteiger partial charge < -0.3 is 5.32 Å². The summed E-state index contributed by atoms with van der Waals surface area (Å²) in [6, 6.07) is 3.83. The van der Waals surface area contributed by atoms with E-state index in [1.165, 1.54) is 12.1 Å². The number of nitrogens with zero attached hydrogens (tertiary/aromatic N) is 2. The van der Waals surface area contributed by atoms with Gasteiger partial charge in [-0.1, -0.05) is 5.92 Å². The van der Waals surface area contributed by atoms with Gasteiger partial charge >= 0.3 is 0 Å². The number of likely N-dealkylation sites (tertiary alicyclic amines) is 1. The molecular formula is C14H16FN3O2. The van der Waals surface area contributed by atoms with Crippen LogP contribution in [0, 0.1) is 28.3 Å². The van der Waals surface area contributed by atoms with Crippen LogP contribution in [0.15, 0.2) is 18.2 Å². The quantitative estimate of drug-likeness (QED) is 0.521. The number of hydrogen-bond acceptors (Lipinski definition) is 4. The minimum Gasteiger partial charge on any atom is -0.380 e. The van der Waals surface area contributed by atoms with Crippen LogP contribution in [-0.4, -0.2) is 35.5 Å². The summed E-state index contributed by atoms with van der Waals surface area (Å²) in [5.74, 6) is 2.02. The number of nitro groups is 1. The maximum Gasteiger partial charge on any atom is 0.272 e. The molecule has 106 valence electrons. The fraction of sp³-hybridized carbons (Fsp3) is 0.429. The molecule has 0 spiro atoms. The van der Waals surface area contributed by atoms with Gasteiger partial charge in [-0.05, 0) is 18.9 Å². The number of nitrogens with one attached hydrogen (secondary N) is 1. The van der Waals surface area contributed by atoms with Crippen LogP contribution < -0.4 is 5.32 Å². The van der Waals surface area contributed by atoms with Crippen LogP contribution in [0.2, 0.25) is 0 Å². The van der Waals surface area contributed by atoms with Crippen molar-refractivity contribution in [3.8, 4) is 12.3 Å². The maximum atomic E-state index is 13.8. The van der Waals surface area contributed by atoms with E-state index in [1.807, 2.05) is 0 Å². The highest BCUT2D eigenvalue weighted by Gasteiger charge is 2.20. The van der Waals surface area contributed by atoms with Crippen molar-refractivity contribution in [2.24, 2.45) is 0 Å². The Labute approximate surface area is 116 Å². The molecule has 1 fully saturated rings. The van der Waals surface area contributed by atoms with Gasteiger partial charge in [-0.3, -0.25) is 15.0 Å². The third-order valence-electron chi connectivity index (χ3n) is 3.43. The molecule has 0 unspecified atom stereocenters. The van der Waals surface area contributed by atoms with Gasteiger partial charge in [-0.2, -0.15) is 0 Å². The number of terminal acetylenes is 1. The van der Waals surface area contributed by atoms with Crippen molar-refractivity contribution < 1.29 is 9.31 Å². The van der Waals surface area contributed by atoms with Crippen molar-refractivity contribution in [2.75, 3.05) is 25.0 Å². The number of nitro benzene ring substituents is 1. The van der Waals surface area contributed by atoms with Crippen molar-refractivity contribution in [3.05, 3.63) is 34.1 Å². The van der Waals surface area contributed by atoms with E-state index in [9.17, 15) is 14.5 Å². The van der Waals surface area contributed by atoms with Crippen molar-refractivity contribution >= 4 is 11.4 Å². The topological polar surface area (TPSA) is 58.4 Å². The van der Waals surface area contributed by atoms with Gasteiger partial charge in [-0.25, -0.2) is 4.39 Å². The Balaban J connectivity index is 1.95. The molecule has 0 amide bonds. The highest BCUT2D eigenvalue weighted by atomic mass is 19.1. The third-order valence-corrected chi connectivity index (χ3v) is 3.43. The molecule has 0 aromatic heterocycles. The molecule has 0 bridgehead atoms. The molecule has 1 aliphatic rings. The minimum absolute atomic E-state index is 0.167. The van der Waals surface area contributed by atoms with E-state index in [4.69, 9.17) is 6.42 Å². The number of non-ortho nitro benzene ring substituents is 1. The standard InChI is InChI=1S/C14H16FN3O2/c1-2-7-17-8-5-11(6-9-17)16-14-4-3-12(18(19)20)10-13(14)15/h1,3-4,10-11,16H,5-9H2. The summed E-state index contributed by atoms with van der Waals surface area (Å²) in [5.41, 5.74) is 0.0721. The number of benzene rings is 1. The lowest BCUT2D eigenvalue weighted by molar-refractivity contribution is -0.385. The van der Waals surface area contributed by atoms with Crippen molar-refractivity contribution in [1.82, 2.24) is 4.90 Å². The number of piperidine rings is 1. The Kier molecular flexibility index (Phi) is 4.53. The van der Waals surface area contributed by atoms with Gasteiger partial charge in [-0.15, -0.1) is 6.42 Å². The summed E-state index contributed by atoms with van der Waals surface area (Å²) < 4.78 is 13.8. The Morgan fingerprint density at radius 1 is 1.50 bits per heavy atom. The molecule has 6 heteroatoms. The molecule has 1 heterocycles. The SMILES string of the molecule is C#CCN1CCC(Nc2ccc([N+](=O)[O-])cc2F)CC1. The number of hydrogen-bond donors (Lipinski definition) is 1. The van der Waals surface area contributed by atoms with Crippen LogP contribution in [0.5, 0.6) is 0 Å².